The van der Waals surface area contributed by atoms with Gasteiger partial charge in [-0.15, -0.1) is 6.58 Å². The van der Waals surface area contributed by atoms with Gasteiger partial charge in [0.1, 0.15) is 0 Å². The summed E-state index contributed by atoms with van der Waals surface area (Å²) in [5, 5.41) is 9.76. The number of halogens is 2. The van der Waals surface area contributed by atoms with Crippen molar-refractivity contribution in [3.8, 4) is 0 Å². The molecule has 0 bridgehead atoms. The lowest BCUT2D eigenvalue weighted by atomic mass is 10.0. The number of benzene rings is 1. The van der Waals surface area contributed by atoms with Gasteiger partial charge < -0.3 is 5.11 Å². The number of allylic oxidation sites excluding steroid dienone is 1. The predicted molar refractivity (Wildman–Crippen MR) is 64.6 cm³/mol. The standard InChI is InChI=1S/C14H18F2O/c1-2-3-4-5-6-10-13(17)11-8-7-9-12(15)14(11)16/h2,7-9,13,17H,1,3-6,10H2. The molecule has 0 aliphatic rings. The lowest BCUT2D eigenvalue weighted by Gasteiger charge is -2.11. The van der Waals surface area contributed by atoms with E-state index in [-0.39, 0.29) is 5.56 Å². The van der Waals surface area contributed by atoms with Crippen molar-refractivity contribution in [2.45, 2.75) is 38.2 Å². The highest BCUT2D eigenvalue weighted by molar-refractivity contribution is 5.21. The molecule has 0 amide bonds. The van der Waals surface area contributed by atoms with Gasteiger partial charge in [0.05, 0.1) is 6.10 Å². The van der Waals surface area contributed by atoms with Crippen LogP contribution in [0.1, 0.15) is 43.8 Å². The van der Waals surface area contributed by atoms with Crippen molar-refractivity contribution in [3.05, 3.63) is 48.1 Å². The molecular formula is C14H18F2O. The van der Waals surface area contributed by atoms with Crippen molar-refractivity contribution in [1.29, 1.82) is 0 Å². The Bertz CT molecular complexity index is 363. The molecule has 0 saturated heterocycles. The fourth-order valence-corrected chi connectivity index (χ4v) is 1.74. The largest absolute Gasteiger partial charge is 0.388 e. The third kappa shape index (κ3) is 4.27. The number of rotatable bonds is 7. The summed E-state index contributed by atoms with van der Waals surface area (Å²) in [5.74, 6) is -1.85. The Morgan fingerprint density at radius 3 is 2.71 bits per heavy atom. The Kier molecular flexibility index (Phi) is 5.84. The van der Waals surface area contributed by atoms with Crippen LogP contribution in [-0.4, -0.2) is 5.11 Å². The molecule has 0 aliphatic carbocycles. The highest BCUT2D eigenvalue weighted by Crippen LogP contribution is 2.23. The van der Waals surface area contributed by atoms with Crippen LogP contribution in [0, 0.1) is 11.6 Å². The average Bonchev–Trinajstić information content (AvgIpc) is 2.32. The quantitative estimate of drug-likeness (QED) is 0.561. The van der Waals surface area contributed by atoms with Crippen LogP contribution in [0.5, 0.6) is 0 Å². The zero-order valence-corrected chi connectivity index (χ0v) is 9.83. The van der Waals surface area contributed by atoms with E-state index in [1.54, 1.807) is 0 Å². The summed E-state index contributed by atoms with van der Waals surface area (Å²) in [6.45, 7) is 3.62. The maximum Gasteiger partial charge on any atom is 0.164 e. The Morgan fingerprint density at radius 2 is 2.00 bits per heavy atom. The first-order valence-electron chi connectivity index (χ1n) is 5.89. The topological polar surface area (TPSA) is 20.2 Å². The van der Waals surface area contributed by atoms with Crippen LogP contribution >= 0.6 is 0 Å². The summed E-state index contributed by atoms with van der Waals surface area (Å²) in [4.78, 5) is 0. The summed E-state index contributed by atoms with van der Waals surface area (Å²) >= 11 is 0. The second kappa shape index (κ2) is 7.17. The van der Waals surface area contributed by atoms with Crippen LogP contribution in [0.4, 0.5) is 8.78 Å². The van der Waals surface area contributed by atoms with Gasteiger partial charge in [0.15, 0.2) is 11.6 Å². The van der Waals surface area contributed by atoms with E-state index in [9.17, 15) is 13.9 Å². The van der Waals surface area contributed by atoms with Crippen LogP contribution < -0.4 is 0 Å². The molecule has 1 rings (SSSR count). The lowest BCUT2D eigenvalue weighted by molar-refractivity contribution is 0.158. The molecule has 94 valence electrons. The summed E-state index contributed by atoms with van der Waals surface area (Å²) in [6, 6.07) is 3.89. The smallest absolute Gasteiger partial charge is 0.164 e. The Hall–Kier alpha value is -1.22. The molecular weight excluding hydrogens is 222 g/mol. The van der Waals surface area contributed by atoms with Crippen molar-refractivity contribution in [3.63, 3.8) is 0 Å². The van der Waals surface area contributed by atoms with Gasteiger partial charge in [0, 0.05) is 5.56 Å². The summed E-state index contributed by atoms with van der Waals surface area (Å²) in [6.07, 6.45) is 5.10. The monoisotopic (exact) mass is 240 g/mol. The molecule has 1 unspecified atom stereocenters. The molecule has 3 heteroatoms. The first-order valence-corrected chi connectivity index (χ1v) is 5.89. The number of hydrogen-bond acceptors (Lipinski definition) is 1. The van der Waals surface area contributed by atoms with E-state index < -0.39 is 17.7 Å². The molecule has 1 atom stereocenters. The second-order valence-corrected chi connectivity index (χ2v) is 4.09. The average molecular weight is 240 g/mol. The van der Waals surface area contributed by atoms with Gasteiger partial charge in [-0.3, -0.25) is 0 Å². The summed E-state index contributed by atoms with van der Waals surface area (Å²) < 4.78 is 26.3. The summed E-state index contributed by atoms with van der Waals surface area (Å²) in [5.41, 5.74) is 0.0497. The Labute approximate surface area is 101 Å². The van der Waals surface area contributed by atoms with Gasteiger partial charge in [-0.1, -0.05) is 31.1 Å². The van der Waals surface area contributed by atoms with Gasteiger partial charge in [-0.2, -0.15) is 0 Å². The van der Waals surface area contributed by atoms with Gasteiger partial charge in [0.25, 0.3) is 0 Å². The molecule has 0 fully saturated rings. The Balaban J connectivity index is 2.44. The maximum atomic E-state index is 13.3. The lowest BCUT2D eigenvalue weighted by Crippen LogP contribution is -2.02. The number of unbranched alkanes of at least 4 members (excludes halogenated alkanes) is 3. The van der Waals surface area contributed by atoms with E-state index in [2.05, 4.69) is 6.58 Å². The molecule has 0 radical (unpaired) electrons. The van der Waals surface area contributed by atoms with E-state index >= 15 is 0 Å². The maximum absolute atomic E-state index is 13.3. The molecule has 0 aromatic heterocycles. The van der Waals surface area contributed by atoms with Crippen molar-refractivity contribution in [2.24, 2.45) is 0 Å². The third-order valence-corrected chi connectivity index (χ3v) is 2.73. The minimum absolute atomic E-state index is 0.0497. The summed E-state index contributed by atoms with van der Waals surface area (Å²) in [7, 11) is 0. The minimum atomic E-state index is -0.939. The first kappa shape index (κ1) is 13.8. The second-order valence-electron chi connectivity index (χ2n) is 4.09. The van der Waals surface area contributed by atoms with Gasteiger partial charge in [0.2, 0.25) is 0 Å². The van der Waals surface area contributed by atoms with Crippen molar-refractivity contribution < 1.29 is 13.9 Å². The predicted octanol–water partition coefficient (Wildman–Crippen LogP) is 4.13. The van der Waals surface area contributed by atoms with E-state index in [4.69, 9.17) is 0 Å². The molecule has 1 aromatic rings. The van der Waals surface area contributed by atoms with E-state index in [1.807, 2.05) is 6.08 Å². The molecule has 1 nitrogen and oxygen atoms in total. The molecule has 17 heavy (non-hydrogen) atoms. The van der Waals surface area contributed by atoms with E-state index in [1.165, 1.54) is 12.1 Å². The van der Waals surface area contributed by atoms with Crippen molar-refractivity contribution in [2.75, 3.05) is 0 Å². The Morgan fingerprint density at radius 1 is 1.24 bits per heavy atom. The number of hydrogen-bond donors (Lipinski definition) is 1. The van der Waals surface area contributed by atoms with Crippen molar-refractivity contribution >= 4 is 0 Å². The van der Waals surface area contributed by atoms with Gasteiger partial charge in [-0.25, -0.2) is 8.78 Å². The molecule has 0 heterocycles. The first-order chi connectivity index (χ1) is 8.16. The fraction of sp³-hybridized carbons (Fsp3) is 0.429. The number of aliphatic hydroxyl groups is 1. The van der Waals surface area contributed by atoms with Crippen LogP contribution in [0.25, 0.3) is 0 Å². The van der Waals surface area contributed by atoms with Gasteiger partial charge in [-0.05, 0) is 25.3 Å². The highest BCUT2D eigenvalue weighted by atomic mass is 19.2. The molecule has 0 aliphatic heterocycles. The normalized spacial score (nSPS) is 12.4. The minimum Gasteiger partial charge on any atom is -0.388 e. The number of aliphatic hydroxyl groups excluding tert-OH is 1. The van der Waals surface area contributed by atoms with Crippen molar-refractivity contribution in [1.82, 2.24) is 0 Å². The van der Waals surface area contributed by atoms with E-state index in [0.717, 1.165) is 31.7 Å². The van der Waals surface area contributed by atoms with Crippen LogP contribution in [0.3, 0.4) is 0 Å². The molecule has 0 spiro atoms. The third-order valence-electron chi connectivity index (χ3n) is 2.73. The van der Waals surface area contributed by atoms with E-state index in [0.29, 0.717) is 6.42 Å². The zero-order chi connectivity index (χ0) is 12.7. The molecule has 1 N–H and O–H groups in total. The van der Waals surface area contributed by atoms with Crippen LogP contribution in [0.2, 0.25) is 0 Å². The van der Waals surface area contributed by atoms with Gasteiger partial charge >= 0.3 is 0 Å². The van der Waals surface area contributed by atoms with Crippen LogP contribution in [-0.2, 0) is 0 Å². The highest BCUT2D eigenvalue weighted by Gasteiger charge is 2.15. The molecule has 1 aromatic carbocycles. The van der Waals surface area contributed by atoms with Crippen LogP contribution in [0.15, 0.2) is 30.9 Å². The molecule has 0 saturated carbocycles. The SMILES string of the molecule is C=CCCCCCC(O)c1cccc(F)c1F. The zero-order valence-electron chi connectivity index (χ0n) is 9.83. The fourth-order valence-electron chi connectivity index (χ4n) is 1.74.